The lowest BCUT2D eigenvalue weighted by Gasteiger charge is -2.33. The summed E-state index contributed by atoms with van der Waals surface area (Å²) in [7, 11) is -3.50. The molecule has 0 aliphatic carbocycles. The molecular weight excluding hydrogens is 340 g/mol. The average molecular weight is 360 g/mol. The monoisotopic (exact) mass is 360 g/mol. The van der Waals surface area contributed by atoms with Crippen LogP contribution in [0.15, 0.2) is 65.6 Å². The Balaban J connectivity index is 1.54. The van der Waals surface area contributed by atoms with E-state index in [0.29, 0.717) is 18.8 Å². The number of hydrogen-bond acceptors (Lipinski definition) is 4. The van der Waals surface area contributed by atoms with Gasteiger partial charge in [-0.3, -0.25) is 4.79 Å². The fraction of sp³-hybridized carbons (Fsp3) is 0.278. The van der Waals surface area contributed by atoms with Crippen molar-refractivity contribution < 1.29 is 17.9 Å². The molecule has 0 spiro atoms. The number of sulfonamides is 1. The van der Waals surface area contributed by atoms with Gasteiger partial charge in [0.2, 0.25) is 10.0 Å². The van der Waals surface area contributed by atoms with E-state index in [1.165, 1.54) is 4.31 Å². The highest BCUT2D eigenvalue weighted by Gasteiger charge is 2.29. The van der Waals surface area contributed by atoms with Gasteiger partial charge < -0.3 is 9.64 Å². The third kappa shape index (κ3) is 4.18. The number of ether oxygens (including phenoxy) is 1. The Morgan fingerprint density at radius 2 is 1.44 bits per heavy atom. The fourth-order valence-corrected chi connectivity index (χ4v) is 4.12. The molecule has 1 saturated heterocycles. The maximum atomic E-state index is 12.6. The summed E-state index contributed by atoms with van der Waals surface area (Å²) >= 11 is 0. The lowest BCUT2D eigenvalue weighted by atomic mass is 10.3. The first-order chi connectivity index (χ1) is 12.1. The largest absolute Gasteiger partial charge is 0.484 e. The van der Waals surface area contributed by atoms with Crippen molar-refractivity contribution in [1.29, 1.82) is 0 Å². The van der Waals surface area contributed by atoms with Crippen molar-refractivity contribution in [3.63, 3.8) is 0 Å². The minimum atomic E-state index is -3.50. The number of benzene rings is 2. The van der Waals surface area contributed by atoms with Crippen molar-refractivity contribution in [3.05, 3.63) is 60.7 Å². The molecule has 0 bridgehead atoms. The summed E-state index contributed by atoms with van der Waals surface area (Å²) < 4.78 is 32.0. The van der Waals surface area contributed by atoms with E-state index in [-0.39, 0.29) is 30.5 Å². The van der Waals surface area contributed by atoms with Crippen molar-refractivity contribution in [2.75, 3.05) is 32.8 Å². The summed E-state index contributed by atoms with van der Waals surface area (Å²) in [6.45, 7) is 1.25. The topological polar surface area (TPSA) is 66.9 Å². The summed E-state index contributed by atoms with van der Waals surface area (Å²) in [6, 6.07) is 17.5. The molecule has 0 atom stereocenters. The maximum absolute atomic E-state index is 12.6. The van der Waals surface area contributed by atoms with Gasteiger partial charge >= 0.3 is 0 Å². The van der Waals surface area contributed by atoms with E-state index < -0.39 is 10.0 Å². The number of hydrogen-bond donors (Lipinski definition) is 0. The van der Waals surface area contributed by atoms with E-state index in [1.807, 2.05) is 18.2 Å². The van der Waals surface area contributed by atoms with Crippen LogP contribution >= 0.6 is 0 Å². The van der Waals surface area contributed by atoms with E-state index >= 15 is 0 Å². The SMILES string of the molecule is O=C(COc1ccccc1)N1CCN(S(=O)(=O)c2ccccc2)CC1. The number of nitrogens with zero attached hydrogens (tertiary/aromatic N) is 2. The minimum Gasteiger partial charge on any atom is -0.484 e. The van der Waals surface area contributed by atoms with Gasteiger partial charge in [-0.15, -0.1) is 0 Å². The van der Waals surface area contributed by atoms with Crippen LogP contribution in [0.25, 0.3) is 0 Å². The third-order valence-corrected chi connectivity index (χ3v) is 5.99. The van der Waals surface area contributed by atoms with Crippen LogP contribution in [-0.2, 0) is 14.8 Å². The molecule has 1 fully saturated rings. The molecule has 1 aliphatic rings. The van der Waals surface area contributed by atoms with Crippen LogP contribution in [0.1, 0.15) is 0 Å². The zero-order chi connectivity index (χ0) is 17.7. The standard InChI is InChI=1S/C18H20N2O4S/c21-18(15-24-16-7-3-1-4-8-16)19-11-13-20(14-12-19)25(22,23)17-9-5-2-6-10-17/h1-10H,11-15H2. The number of piperazine rings is 1. The normalized spacial score (nSPS) is 15.8. The highest BCUT2D eigenvalue weighted by atomic mass is 32.2. The number of carbonyl (C=O) groups is 1. The molecule has 0 unspecified atom stereocenters. The van der Waals surface area contributed by atoms with Gasteiger partial charge in [0.25, 0.3) is 5.91 Å². The first kappa shape index (κ1) is 17.4. The van der Waals surface area contributed by atoms with Crippen molar-refractivity contribution in [2.45, 2.75) is 4.90 Å². The maximum Gasteiger partial charge on any atom is 0.260 e. The molecule has 1 amide bonds. The summed E-state index contributed by atoms with van der Waals surface area (Å²) in [4.78, 5) is 14.1. The van der Waals surface area contributed by atoms with Gasteiger partial charge in [0.15, 0.2) is 6.61 Å². The molecule has 1 heterocycles. The molecule has 25 heavy (non-hydrogen) atoms. The van der Waals surface area contributed by atoms with Crippen LogP contribution < -0.4 is 4.74 Å². The Kier molecular flexibility index (Phi) is 5.35. The molecule has 0 aromatic heterocycles. The van der Waals surface area contributed by atoms with Crippen LogP contribution in [0.3, 0.4) is 0 Å². The van der Waals surface area contributed by atoms with Crippen LogP contribution in [-0.4, -0.2) is 56.3 Å². The predicted octanol–water partition coefficient (Wildman–Crippen LogP) is 1.60. The molecule has 2 aromatic rings. The second kappa shape index (κ2) is 7.67. The van der Waals surface area contributed by atoms with Crippen LogP contribution in [0.5, 0.6) is 5.75 Å². The first-order valence-electron chi connectivity index (χ1n) is 8.08. The molecule has 0 saturated carbocycles. The van der Waals surface area contributed by atoms with Gasteiger partial charge in [-0.1, -0.05) is 36.4 Å². The van der Waals surface area contributed by atoms with E-state index in [2.05, 4.69) is 0 Å². The minimum absolute atomic E-state index is 0.0462. The lowest BCUT2D eigenvalue weighted by Crippen LogP contribution is -2.51. The van der Waals surface area contributed by atoms with E-state index in [1.54, 1.807) is 47.4 Å². The molecule has 6 nitrogen and oxygen atoms in total. The Bertz CT molecular complexity index is 801. The van der Waals surface area contributed by atoms with Crippen LogP contribution in [0.2, 0.25) is 0 Å². The van der Waals surface area contributed by atoms with Gasteiger partial charge in [-0.2, -0.15) is 4.31 Å². The summed E-state index contributed by atoms with van der Waals surface area (Å²) in [5.74, 6) is 0.502. The smallest absolute Gasteiger partial charge is 0.260 e. The van der Waals surface area contributed by atoms with Crippen molar-refractivity contribution in [1.82, 2.24) is 9.21 Å². The average Bonchev–Trinajstić information content (AvgIpc) is 2.68. The van der Waals surface area contributed by atoms with Crippen molar-refractivity contribution in [2.24, 2.45) is 0 Å². The Morgan fingerprint density at radius 3 is 2.04 bits per heavy atom. The number of amides is 1. The van der Waals surface area contributed by atoms with Crippen LogP contribution in [0, 0.1) is 0 Å². The zero-order valence-corrected chi connectivity index (χ0v) is 14.6. The van der Waals surface area contributed by atoms with Crippen molar-refractivity contribution >= 4 is 15.9 Å². The predicted molar refractivity (Wildman–Crippen MR) is 93.7 cm³/mol. The second-order valence-electron chi connectivity index (χ2n) is 5.70. The number of rotatable bonds is 5. The zero-order valence-electron chi connectivity index (χ0n) is 13.7. The number of para-hydroxylation sites is 1. The van der Waals surface area contributed by atoms with Crippen LogP contribution in [0.4, 0.5) is 0 Å². The molecule has 0 N–H and O–H groups in total. The molecule has 0 radical (unpaired) electrons. The summed E-state index contributed by atoms with van der Waals surface area (Å²) in [6.07, 6.45) is 0. The van der Waals surface area contributed by atoms with Gasteiger partial charge in [-0.05, 0) is 24.3 Å². The molecule has 3 rings (SSSR count). The van der Waals surface area contributed by atoms with E-state index in [9.17, 15) is 13.2 Å². The van der Waals surface area contributed by atoms with Gasteiger partial charge in [0.1, 0.15) is 5.75 Å². The van der Waals surface area contributed by atoms with Gasteiger partial charge in [0, 0.05) is 26.2 Å². The Labute approximate surface area is 147 Å². The highest BCUT2D eigenvalue weighted by Crippen LogP contribution is 2.17. The first-order valence-corrected chi connectivity index (χ1v) is 9.52. The molecule has 2 aromatic carbocycles. The summed E-state index contributed by atoms with van der Waals surface area (Å²) in [5, 5.41) is 0. The molecule has 132 valence electrons. The molecule has 1 aliphatic heterocycles. The van der Waals surface area contributed by atoms with E-state index in [4.69, 9.17) is 4.74 Å². The number of carbonyl (C=O) groups excluding carboxylic acids is 1. The van der Waals surface area contributed by atoms with Crippen molar-refractivity contribution in [3.8, 4) is 5.75 Å². The molecule has 7 heteroatoms. The van der Waals surface area contributed by atoms with E-state index in [0.717, 1.165) is 0 Å². The lowest BCUT2D eigenvalue weighted by molar-refractivity contribution is -0.134. The molecular formula is C18H20N2O4S. The quantitative estimate of drug-likeness (QED) is 0.812. The van der Waals surface area contributed by atoms with Gasteiger partial charge in [0.05, 0.1) is 4.90 Å². The fourth-order valence-electron chi connectivity index (χ4n) is 2.67. The Morgan fingerprint density at radius 1 is 0.880 bits per heavy atom. The summed E-state index contributed by atoms with van der Waals surface area (Å²) in [5.41, 5.74) is 0. The Hall–Kier alpha value is -2.38. The van der Waals surface area contributed by atoms with Gasteiger partial charge in [-0.25, -0.2) is 8.42 Å². The third-order valence-electron chi connectivity index (χ3n) is 4.08. The second-order valence-corrected chi connectivity index (χ2v) is 7.64. The highest BCUT2D eigenvalue weighted by molar-refractivity contribution is 7.89.